The molecular weight excluding hydrogens is 268 g/mol. The predicted molar refractivity (Wildman–Crippen MR) is 79.4 cm³/mol. The third-order valence-electron chi connectivity index (χ3n) is 3.18. The van der Waals surface area contributed by atoms with E-state index in [-0.39, 0.29) is 0 Å². The molecule has 0 amide bonds. The molecule has 0 aromatic carbocycles. The van der Waals surface area contributed by atoms with Crippen molar-refractivity contribution in [2.45, 2.75) is 13.1 Å². The number of fused-ring (bicyclic) bond motifs is 1. The van der Waals surface area contributed by atoms with Crippen LogP contribution < -0.4 is 0 Å². The molecule has 0 atom stereocenters. The molecule has 3 aromatic rings. The molecule has 20 heavy (non-hydrogen) atoms. The highest BCUT2D eigenvalue weighted by Gasteiger charge is 2.08. The first-order chi connectivity index (χ1) is 9.76. The third-order valence-corrected chi connectivity index (χ3v) is 3.91. The summed E-state index contributed by atoms with van der Waals surface area (Å²) in [5, 5.41) is 13.2. The summed E-state index contributed by atoms with van der Waals surface area (Å²) < 4.78 is 1.99. The van der Waals surface area contributed by atoms with Gasteiger partial charge in [0.2, 0.25) is 0 Å². The molecule has 0 unspecified atom stereocenters. The number of hydrogen-bond donors (Lipinski definition) is 0. The molecule has 3 rings (SSSR count). The molecule has 4 nitrogen and oxygen atoms in total. The van der Waals surface area contributed by atoms with Crippen LogP contribution in [-0.2, 0) is 13.1 Å². The fourth-order valence-corrected chi connectivity index (χ4v) is 2.90. The Morgan fingerprint density at radius 3 is 3.00 bits per heavy atom. The van der Waals surface area contributed by atoms with Gasteiger partial charge in [0.15, 0.2) is 0 Å². The molecule has 0 aliphatic heterocycles. The molecule has 0 radical (unpaired) electrons. The number of nitrogens with zero attached hydrogens (tertiary/aromatic N) is 4. The van der Waals surface area contributed by atoms with Gasteiger partial charge in [0.05, 0.1) is 17.5 Å². The van der Waals surface area contributed by atoms with Gasteiger partial charge in [-0.15, -0.1) is 0 Å². The van der Waals surface area contributed by atoms with Crippen molar-refractivity contribution < 1.29 is 0 Å². The molecule has 100 valence electrons. The second-order valence-corrected chi connectivity index (χ2v) is 5.59. The zero-order chi connectivity index (χ0) is 13.9. The predicted octanol–water partition coefficient (Wildman–Crippen LogP) is 2.90. The van der Waals surface area contributed by atoms with Crippen LogP contribution in [0.3, 0.4) is 0 Å². The molecule has 0 aliphatic carbocycles. The van der Waals surface area contributed by atoms with Crippen molar-refractivity contribution in [2.24, 2.45) is 0 Å². The highest BCUT2D eigenvalue weighted by molar-refractivity contribution is 7.07. The lowest BCUT2D eigenvalue weighted by atomic mass is 10.3. The van der Waals surface area contributed by atoms with Crippen molar-refractivity contribution in [3.05, 3.63) is 58.2 Å². The monoisotopic (exact) mass is 282 g/mol. The highest BCUT2D eigenvalue weighted by Crippen LogP contribution is 2.13. The molecule has 0 saturated carbocycles. The van der Waals surface area contributed by atoms with Crippen LogP contribution in [0.2, 0.25) is 0 Å². The molecule has 0 bridgehead atoms. The summed E-state index contributed by atoms with van der Waals surface area (Å²) in [4.78, 5) is 6.61. The Hall–Kier alpha value is -2.16. The second-order valence-electron chi connectivity index (χ2n) is 4.81. The highest BCUT2D eigenvalue weighted by atomic mass is 32.1. The van der Waals surface area contributed by atoms with Gasteiger partial charge in [0.25, 0.3) is 0 Å². The second kappa shape index (κ2) is 5.45. The molecular formula is C15H14N4S. The van der Waals surface area contributed by atoms with E-state index < -0.39 is 0 Å². The molecule has 0 N–H and O–H groups in total. The number of imidazole rings is 1. The number of pyridine rings is 1. The summed E-state index contributed by atoms with van der Waals surface area (Å²) in [5.74, 6) is 0. The van der Waals surface area contributed by atoms with E-state index in [1.54, 1.807) is 17.4 Å². The van der Waals surface area contributed by atoms with Crippen LogP contribution in [0.1, 0.15) is 16.8 Å². The van der Waals surface area contributed by atoms with Crippen LogP contribution >= 0.6 is 11.3 Å². The number of hydrogen-bond acceptors (Lipinski definition) is 4. The van der Waals surface area contributed by atoms with Crippen molar-refractivity contribution in [2.75, 3.05) is 7.05 Å². The molecule has 0 fully saturated rings. The van der Waals surface area contributed by atoms with E-state index in [0.717, 1.165) is 24.4 Å². The van der Waals surface area contributed by atoms with Crippen molar-refractivity contribution >= 4 is 17.0 Å². The SMILES string of the molecule is CN(Cc1ccsc1)Cc1cnc2ccc(C#N)cn12. The third kappa shape index (κ3) is 2.57. The Balaban J connectivity index is 1.82. The van der Waals surface area contributed by atoms with Gasteiger partial charge < -0.3 is 4.40 Å². The van der Waals surface area contributed by atoms with Gasteiger partial charge in [0.1, 0.15) is 11.7 Å². The normalized spacial score (nSPS) is 11.1. The fourth-order valence-electron chi connectivity index (χ4n) is 2.24. The molecule has 3 heterocycles. The standard InChI is InChI=1S/C15H14N4S/c1-18(8-13-4-5-20-11-13)10-14-7-17-15-3-2-12(6-16)9-19(14)15/h2-5,7,9,11H,8,10H2,1H3. The van der Waals surface area contributed by atoms with E-state index in [2.05, 4.69) is 39.8 Å². The Bertz CT molecular complexity index is 752. The number of thiophene rings is 1. The molecule has 0 saturated heterocycles. The van der Waals surface area contributed by atoms with E-state index in [4.69, 9.17) is 5.26 Å². The first-order valence-electron chi connectivity index (χ1n) is 6.32. The van der Waals surface area contributed by atoms with E-state index in [0.29, 0.717) is 5.56 Å². The summed E-state index contributed by atoms with van der Waals surface area (Å²) in [6.07, 6.45) is 3.72. The summed E-state index contributed by atoms with van der Waals surface area (Å²) in [7, 11) is 2.09. The van der Waals surface area contributed by atoms with Crippen LogP contribution in [0.25, 0.3) is 5.65 Å². The number of rotatable bonds is 4. The lowest BCUT2D eigenvalue weighted by molar-refractivity contribution is 0.314. The average Bonchev–Trinajstić information content (AvgIpc) is 3.08. The van der Waals surface area contributed by atoms with E-state index in [1.165, 1.54) is 5.56 Å². The van der Waals surface area contributed by atoms with Gasteiger partial charge in [0, 0.05) is 19.3 Å². The summed E-state index contributed by atoms with van der Waals surface area (Å²) in [6, 6.07) is 7.98. The van der Waals surface area contributed by atoms with Crippen LogP contribution in [0, 0.1) is 11.3 Å². The van der Waals surface area contributed by atoms with Crippen molar-refractivity contribution in [3.8, 4) is 6.07 Å². The fraction of sp³-hybridized carbons (Fsp3) is 0.200. The quantitative estimate of drug-likeness (QED) is 0.739. The van der Waals surface area contributed by atoms with Crippen molar-refractivity contribution in [1.82, 2.24) is 14.3 Å². The van der Waals surface area contributed by atoms with Gasteiger partial charge in [-0.2, -0.15) is 16.6 Å². The molecule has 0 spiro atoms. The minimum Gasteiger partial charge on any atom is -0.301 e. The maximum Gasteiger partial charge on any atom is 0.137 e. The average molecular weight is 282 g/mol. The topological polar surface area (TPSA) is 44.3 Å². The van der Waals surface area contributed by atoms with E-state index >= 15 is 0 Å². The Kier molecular flexibility index (Phi) is 3.50. The van der Waals surface area contributed by atoms with Crippen LogP contribution in [0.5, 0.6) is 0 Å². The lowest BCUT2D eigenvalue weighted by Crippen LogP contribution is -2.17. The van der Waals surface area contributed by atoms with Crippen LogP contribution in [-0.4, -0.2) is 21.3 Å². The van der Waals surface area contributed by atoms with Crippen molar-refractivity contribution in [1.29, 1.82) is 5.26 Å². The van der Waals surface area contributed by atoms with Gasteiger partial charge in [-0.1, -0.05) is 0 Å². The Morgan fingerprint density at radius 2 is 2.25 bits per heavy atom. The lowest BCUT2D eigenvalue weighted by Gasteiger charge is -2.15. The Morgan fingerprint density at radius 1 is 1.35 bits per heavy atom. The first-order valence-corrected chi connectivity index (χ1v) is 7.26. The molecule has 0 aliphatic rings. The maximum atomic E-state index is 8.99. The van der Waals surface area contributed by atoms with E-state index in [9.17, 15) is 0 Å². The number of aromatic nitrogens is 2. The summed E-state index contributed by atoms with van der Waals surface area (Å²) >= 11 is 1.72. The summed E-state index contributed by atoms with van der Waals surface area (Å²) in [6.45, 7) is 1.71. The Labute approximate surface area is 121 Å². The van der Waals surface area contributed by atoms with Crippen molar-refractivity contribution in [3.63, 3.8) is 0 Å². The number of nitriles is 1. The van der Waals surface area contributed by atoms with Crippen LogP contribution in [0.4, 0.5) is 0 Å². The molecule has 5 heteroatoms. The van der Waals surface area contributed by atoms with Gasteiger partial charge >= 0.3 is 0 Å². The first kappa shape index (κ1) is 12.9. The van der Waals surface area contributed by atoms with E-state index in [1.807, 2.05) is 22.9 Å². The zero-order valence-corrected chi connectivity index (χ0v) is 12.0. The van der Waals surface area contributed by atoms with Gasteiger partial charge in [-0.25, -0.2) is 4.98 Å². The molecule has 3 aromatic heterocycles. The van der Waals surface area contributed by atoms with Crippen LogP contribution in [0.15, 0.2) is 41.4 Å². The van der Waals surface area contributed by atoms with Gasteiger partial charge in [-0.3, -0.25) is 4.90 Å². The maximum absolute atomic E-state index is 8.99. The smallest absolute Gasteiger partial charge is 0.137 e. The largest absolute Gasteiger partial charge is 0.301 e. The minimum absolute atomic E-state index is 0.650. The minimum atomic E-state index is 0.650. The zero-order valence-electron chi connectivity index (χ0n) is 11.2. The van der Waals surface area contributed by atoms with Gasteiger partial charge in [-0.05, 0) is 41.6 Å². The summed E-state index contributed by atoms with van der Waals surface area (Å²) in [5.41, 5.74) is 3.94.